The third kappa shape index (κ3) is 2.19. The van der Waals surface area contributed by atoms with Crippen molar-refractivity contribution in [2.45, 2.75) is 6.42 Å². The monoisotopic (exact) mass is 318 g/mol. The fourth-order valence-electron chi connectivity index (χ4n) is 3.32. The molecular formula is C20H18N2O2. The number of rotatable bonds is 4. The van der Waals surface area contributed by atoms with Gasteiger partial charge in [-0.3, -0.25) is 4.79 Å². The van der Waals surface area contributed by atoms with E-state index in [1.54, 1.807) is 7.11 Å². The van der Waals surface area contributed by atoms with Gasteiger partial charge in [-0.25, -0.2) is 0 Å². The normalized spacial score (nSPS) is 12.9. The van der Waals surface area contributed by atoms with E-state index in [0.717, 1.165) is 34.2 Å². The van der Waals surface area contributed by atoms with Crippen molar-refractivity contribution in [3.05, 3.63) is 65.7 Å². The molecule has 1 aliphatic heterocycles. The standard InChI is InChI=1S/C20H18N2O2/c1-24-14-7-5-13(6-8-14)11-12-22-18-10-9-17(21)15-3-2-4-16(19(15)18)20(22)23/h2-10H,11-12,21H2,1H3. The average Bonchev–Trinajstić information content (AvgIpc) is 2.90. The molecule has 4 heteroatoms. The van der Waals surface area contributed by atoms with Gasteiger partial charge in [0, 0.05) is 28.6 Å². The highest BCUT2D eigenvalue weighted by Crippen LogP contribution is 2.39. The third-order valence-corrected chi connectivity index (χ3v) is 4.60. The lowest BCUT2D eigenvalue weighted by molar-refractivity contribution is 0.0993. The molecule has 3 aromatic carbocycles. The second-order valence-corrected chi connectivity index (χ2v) is 5.96. The van der Waals surface area contributed by atoms with Gasteiger partial charge in [0.15, 0.2) is 0 Å². The quantitative estimate of drug-likeness (QED) is 0.747. The fraction of sp³-hybridized carbons (Fsp3) is 0.150. The molecule has 1 aliphatic rings. The Hall–Kier alpha value is -3.01. The zero-order chi connectivity index (χ0) is 16.7. The van der Waals surface area contributed by atoms with Crippen LogP contribution in [0.4, 0.5) is 11.4 Å². The smallest absolute Gasteiger partial charge is 0.259 e. The molecule has 4 nitrogen and oxygen atoms in total. The first kappa shape index (κ1) is 14.6. The van der Waals surface area contributed by atoms with Gasteiger partial charge in [-0.2, -0.15) is 0 Å². The zero-order valence-corrected chi connectivity index (χ0v) is 13.5. The molecule has 24 heavy (non-hydrogen) atoms. The first-order valence-corrected chi connectivity index (χ1v) is 7.95. The summed E-state index contributed by atoms with van der Waals surface area (Å²) in [7, 11) is 1.65. The molecule has 0 unspecified atom stereocenters. The molecular weight excluding hydrogens is 300 g/mol. The minimum atomic E-state index is 0.0507. The van der Waals surface area contributed by atoms with Crippen LogP contribution in [0, 0.1) is 0 Å². The van der Waals surface area contributed by atoms with Crippen molar-refractivity contribution < 1.29 is 9.53 Å². The van der Waals surface area contributed by atoms with Crippen molar-refractivity contribution >= 4 is 28.1 Å². The predicted molar refractivity (Wildman–Crippen MR) is 96.7 cm³/mol. The number of carbonyl (C=O) groups is 1. The van der Waals surface area contributed by atoms with Gasteiger partial charge in [0.1, 0.15) is 5.75 Å². The molecule has 3 aromatic rings. The van der Waals surface area contributed by atoms with E-state index >= 15 is 0 Å². The number of nitrogens with two attached hydrogens (primary N) is 1. The highest BCUT2D eigenvalue weighted by atomic mass is 16.5. The first-order valence-electron chi connectivity index (χ1n) is 7.95. The highest BCUT2D eigenvalue weighted by molar-refractivity contribution is 6.26. The molecule has 2 N–H and O–H groups in total. The first-order chi connectivity index (χ1) is 11.7. The minimum Gasteiger partial charge on any atom is -0.497 e. The van der Waals surface area contributed by atoms with Crippen LogP contribution in [0.2, 0.25) is 0 Å². The summed E-state index contributed by atoms with van der Waals surface area (Å²) >= 11 is 0. The number of anilines is 2. The van der Waals surface area contributed by atoms with Gasteiger partial charge < -0.3 is 15.4 Å². The van der Waals surface area contributed by atoms with Crippen molar-refractivity contribution in [2.24, 2.45) is 0 Å². The number of hydrogen-bond donors (Lipinski definition) is 1. The summed E-state index contributed by atoms with van der Waals surface area (Å²) in [5.41, 5.74) is 9.64. The Morgan fingerprint density at radius 3 is 2.58 bits per heavy atom. The summed E-state index contributed by atoms with van der Waals surface area (Å²) in [6.07, 6.45) is 0.787. The van der Waals surface area contributed by atoms with Crippen molar-refractivity contribution in [3.8, 4) is 5.75 Å². The highest BCUT2D eigenvalue weighted by Gasteiger charge is 2.29. The maximum atomic E-state index is 12.8. The van der Waals surface area contributed by atoms with Crippen molar-refractivity contribution in [1.82, 2.24) is 0 Å². The van der Waals surface area contributed by atoms with Gasteiger partial charge in [-0.15, -0.1) is 0 Å². The second kappa shape index (κ2) is 5.57. The third-order valence-electron chi connectivity index (χ3n) is 4.60. The van der Waals surface area contributed by atoms with Crippen molar-refractivity contribution in [3.63, 3.8) is 0 Å². The molecule has 120 valence electrons. The SMILES string of the molecule is COc1ccc(CCN2C(=O)c3cccc4c(N)ccc2c34)cc1. The Morgan fingerprint density at radius 2 is 1.83 bits per heavy atom. The van der Waals surface area contributed by atoms with E-state index in [1.165, 1.54) is 5.56 Å². The number of amides is 1. The van der Waals surface area contributed by atoms with Crippen LogP contribution in [0.5, 0.6) is 5.75 Å². The van der Waals surface area contributed by atoms with Crippen LogP contribution in [0.15, 0.2) is 54.6 Å². The average molecular weight is 318 g/mol. The molecule has 0 radical (unpaired) electrons. The van der Waals surface area contributed by atoms with Gasteiger partial charge in [-0.05, 0) is 42.3 Å². The van der Waals surface area contributed by atoms with Crippen LogP contribution in [0.1, 0.15) is 15.9 Å². The van der Waals surface area contributed by atoms with E-state index in [2.05, 4.69) is 0 Å². The summed E-state index contributed by atoms with van der Waals surface area (Å²) in [5, 5.41) is 1.92. The Kier molecular flexibility index (Phi) is 3.38. The zero-order valence-electron chi connectivity index (χ0n) is 13.5. The molecule has 1 amide bonds. The maximum Gasteiger partial charge on any atom is 0.259 e. The lowest BCUT2D eigenvalue weighted by atomic mass is 10.0. The van der Waals surface area contributed by atoms with Gasteiger partial charge in [0.05, 0.1) is 12.8 Å². The molecule has 0 aliphatic carbocycles. The molecule has 0 saturated heterocycles. The molecule has 0 atom stereocenters. The van der Waals surface area contributed by atoms with E-state index in [1.807, 2.05) is 59.5 Å². The fourth-order valence-corrected chi connectivity index (χ4v) is 3.32. The van der Waals surface area contributed by atoms with Crippen LogP contribution in [-0.2, 0) is 6.42 Å². The summed E-state index contributed by atoms with van der Waals surface area (Å²) in [4.78, 5) is 14.6. The van der Waals surface area contributed by atoms with Crippen molar-refractivity contribution in [1.29, 1.82) is 0 Å². The van der Waals surface area contributed by atoms with E-state index in [-0.39, 0.29) is 5.91 Å². The number of nitrogen functional groups attached to an aromatic ring is 1. The van der Waals surface area contributed by atoms with Crippen LogP contribution >= 0.6 is 0 Å². The summed E-state index contributed by atoms with van der Waals surface area (Å²) < 4.78 is 5.18. The molecule has 0 spiro atoms. The lowest BCUT2D eigenvalue weighted by Crippen LogP contribution is -2.28. The predicted octanol–water partition coefficient (Wildman–Crippen LogP) is 3.63. The molecule has 4 rings (SSSR count). The Labute approximate surface area is 140 Å². The molecule has 0 bridgehead atoms. The Morgan fingerprint density at radius 1 is 1.04 bits per heavy atom. The van der Waals surface area contributed by atoms with E-state index < -0.39 is 0 Å². The van der Waals surface area contributed by atoms with Crippen molar-refractivity contribution in [2.75, 3.05) is 24.3 Å². The number of ether oxygens (including phenoxy) is 1. The molecule has 0 fully saturated rings. The number of hydrogen-bond acceptors (Lipinski definition) is 3. The van der Waals surface area contributed by atoms with Crippen LogP contribution in [0.3, 0.4) is 0 Å². The molecule has 0 saturated carbocycles. The number of methoxy groups -OCH3 is 1. The van der Waals surface area contributed by atoms with Crippen LogP contribution in [-0.4, -0.2) is 19.6 Å². The second-order valence-electron chi connectivity index (χ2n) is 5.96. The number of benzene rings is 3. The summed E-state index contributed by atoms with van der Waals surface area (Å²) in [6, 6.07) is 17.5. The Bertz CT molecular complexity index is 932. The number of nitrogens with zero attached hydrogens (tertiary/aromatic N) is 1. The lowest BCUT2D eigenvalue weighted by Gasteiger charge is -2.18. The maximum absolute atomic E-state index is 12.8. The molecule has 1 heterocycles. The van der Waals surface area contributed by atoms with E-state index in [4.69, 9.17) is 10.5 Å². The molecule has 0 aromatic heterocycles. The van der Waals surface area contributed by atoms with E-state index in [0.29, 0.717) is 12.2 Å². The van der Waals surface area contributed by atoms with Crippen LogP contribution in [0.25, 0.3) is 10.8 Å². The van der Waals surface area contributed by atoms with Gasteiger partial charge in [0.25, 0.3) is 5.91 Å². The summed E-state index contributed by atoms with van der Waals surface area (Å²) in [6.45, 7) is 0.638. The largest absolute Gasteiger partial charge is 0.497 e. The summed E-state index contributed by atoms with van der Waals surface area (Å²) in [5.74, 6) is 0.887. The number of carbonyl (C=O) groups excluding carboxylic acids is 1. The Balaban J connectivity index is 1.64. The van der Waals surface area contributed by atoms with Gasteiger partial charge in [0.2, 0.25) is 0 Å². The van der Waals surface area contributed by atoms with Gasteiger partial charge in [-0.1, -0.05) is 24.3 Å². The van der Waals surface area contributed by atoms with Gasteiger partial charge >= 0.3 is 0 Å². The van der Waals surface area contributed by atoms with Crippen LogP contribution < -0.4 is 15.4 Å². The topological polar surface area (TPSA) is 55.6 Å². The van der Waals surface area contributed by atoms with E-state index in [9.17, 15) is 4.79 Å². The minimum absolute atomic E-state index is 0.0507.